The number of carbonyl (C=O) groups excluding carboxylic acids is 2. The molecule has 0 unspecified atom stereocenters. The maximum Gasteiger partial charge on any atom is 0.311 e. The van der Waals surface area contributed by atoms with Gasteiger partial charge in [-0.3, -0.25) is 14.4 Å². The summed E-state index contributed by atoms with van der Waals surface area (Å²) in [6, 6.07) is 3.09. The molecule has 90 valence electrons. The van der Waals surface area contributed by atoms with Crippen LogP contribution in [-0.2, 0) is 9.59 Å². The number of methoxy groups -OCH3 is 1. The highest BCUT2D eigenvalue weighted by Gasteiger charge is 2.22. The van der Waals surface area contributed by atoms with Gasteiger partial charge in [0.25, 0.3) is 0 Å². The number of hydrogen-bond donors (Lipinski definition) is 1. The molecule has 0 spiro atoms. The monoisotopic (exact) mass is 240 g/mol. The van der Waals surface area contributed by atoms with Gasteiger partial charge in [-0.15, -0.1) is 0 Å². The van der Waals surface area contributed by atoms with Gasteiger partial charge in [-0.1, -0.05) is 0 Å². The number of rotatable bonds is 5. The Hall–Kier alpha value is -2.24. The van der Waals surface area contributed by atoms with Crippen molar-refractivity contribution in [3.05, 3.63) is 29.6 Å². The zero-order chi connectivity index (χ0) is 13.0. The predicted octanol–water partition coefficient (Wildman–Crippen LogP) is 1.06. The highest BCUT2D eigenvalue weighted by Crippen LogP contribution is 2.20. The molecule has 0 saturated carbocycles. The van der Waals surface area contributed by atoms with Crippen LogP contribution in [0.25, 0.3) is 0 Å². The van der Waals surface area contributed by atoms with Gasteiger partial charge < -0.3 is 9.84 Å². The Balaban J connectivity index is 3.06. The van der Waals surface area contributed by atoms with E-state index in [1.54, 1.807) is 0 Å². The average molecular weight is 240 g/mol. The second-order valence-corrected chi connectivity index (χ2v) is 3.17. The van der Waals surface area contributed by atoms with E-state index in [9.17, 15) is 18.8 Å². The summed E-state index contributed by atoms with van der Waals surface area (Å²) in [6.07, 6.45) is -0.932. The molecule has 6 heteroatoms. The standard InChI is InChI=1S/C11H9FO5/c1-17-9-3-2-6(12)4-7(9)11(16)8(13)5-10(14)15/h2-4H,5H2,1H3,(H,14,15). The first-order valence-corrected chi connectivity index (χ1v) is 4.58. The average Bonchev–Trinajstić information content (AvgIpc) is 2.27. The highest BCUT2D eigenvalue weighted by molar-refractivity contribution is 6.46. The van der Waals surface area contributed by atoms with E-state index >= 15 is 0 Å². The first-order chi connectivity index (χ1) is 7.95. The molecule has 1 N–H and O–H groups in total. The van der Waals surface area contributed by atoms with E-state index in [-0.39, 0.29) is 11.3 Å². The number of carboxylic acid groups (broad SMARTS) is 1. The van der Waals surface area contributed by atoms with Crippen LogP contribution >= 0.6 is 0 Å². The Morgan fingerprint density at radius 1 is 1.35 bits per heavy atom. The lowest BCUT2D eigenvalue weighted by atomic mass is 10.0. The van der Waals surface area contributed by atoms with Crippen molar-refractivity contribution in [2.75, 3.05) is 7.11 Å². The van der Waals surface area contributed by atoms with Gasteiger partial charge in [0, 0.05) is 0 Å². The molecule has 0 heterocycles. The number of ketones is 2. The summed E-state index contributed by atoms with van der Waals surface area (Å²) in [4.78, 5) is 33.1. The maximum atomic E-state index is 12.9. The van der Waals surface area contributed by atoms with Gasteiger partial charge in [-0.25, -0.2) is 4.39 Å². The van der Waals surface area contributed by atoms with Crippen LogP contribution < -0.4 is 4.74 Å². The van der Waals surface area contributed by atoms with Crippen LogP contribution in [0.4, 0.5) is 4.39 Å². The number of Topliss-reactive ketones (excluding diaryl/α,β-unsaturated/α-hetero) is 2. The predicted molar refractivity (Wildman–Crippen MR) is 54.5 cm³/mol. The summed E-state index contributed by atoms with van der Waals surface area (Å²) >= 11 is 0. The van der Waals surface area contributed by atoms with Crippen molar-refractivity contribution in [2.45, 2.75) is 6.42 Å². The minimum Gasteiger partial charge on any atom is -0.496 e. The summed E-state index contributed by atoms with van der Waals surface area (Å²) in [5.41, 5.74) is -0.279. The van der Waals surface area contributed by atoms with Gasteiger partial charge in [0.05, 0.1) is 12.7 Å². The smallest absolute Gasteiger partial charge is 0.311 e. The van der Waals surface area contributed by atoms with Crippen LogP contribution in [0.1, 0.15) is 16.8 Å². The molecule has 0 amide bonds. The number of ether oxygens (including phenoxy) is 1. The fourth-order valence-corrected chi connectivity index (χ4v) is 1.23. The molecule has 0 aromatic heterocycles. The molecule has 0 fully saturated rings. The van der Waals surface area contributed by atoms with Crippen LogP contribution in [0.5, 0.6) is 5.75 Å². The van der Waals surface area contributed by atoms with Crippen molar-refractivity contribution < 1.29 is 28.6 Å². The zero-order valence-electron chi connectivity index (χ0n) is 8.90. The second-order valence-electron chi connectivity index (χ2n) is 3.17. The summed E-state index contributed by atoms with van der Waals surface area (Å²) in [5.74, 6) is -4.31. The molecule has 5 nitrogen and oxygen atoms in total. The van der Waals surface area contributed by atoms with Gasteiger partial charge >= 0.3 is 5.97 Å². The maximum absolute atomic E-state index is 12.9. The van der Waals surface area contributed by atoms with E-state index in [1.807, 2.05) is 0 Å². The Morgan fingerprint density at radius 3 is 2.53 bits per heavy atom. The van der Waals surface area contributed by atoms with Gasteiger partial charge in [-0.05, 0) is 18.2 Å². The van der Waals surface area contributed by atoms with Crippen molar-refractivity contribution in [1.29, 1.82) is 0 Å². The molecular formula is C11H9FO5. The van der Waals surface area contributed by atoms with Crippen molar-refractivity contribution in [3.63, 3.8) is 0 Å². The molecule has 17 heavy (non-hydrogen) atoms. The van der Waals surface area contributed by atoms with Gasteiger partial charge in [-0.2, -0.15) is 0 Å². The zero-order valence-corrected chi connectivity index (χ0v) is 8.90. The SMILES string of the molecule is COc1ccc(F)cc1C(=O)C(=O)CC(=O)O. The first kappa shape index (κ1) is 12.8. The van der Waals surface area contributed by atoms with Crippen molar-refractivity contribution in [1.82, 2.24) is 0 Å². The summed E-state index contributed by atoms with van der Waals surface area (Å²) < 4.78 is 17.7. The first-order valence-electron chi connectivity index (χ1n) is 4.58. The number of benzene rings is 1. The fourth-order valence-electron chi connectivity index (χ4n) is 1.23. The molecule has 0 saturated heterocycles. The third-order valence-electron chi connectivity index (χ3n) is 1.97. The molecule has 1 aromatic rings. The van der Waals surface area contributed by atoms with Crippen molar-refractivity contribution in [2.24, 2.45) is 0 Å². The summed E-state index contributed by atoms with van der Waals surface area (Å²) in [5, 5.41) is 8.38. The number of hydrogen-bond acceptors (Lipinski definition) is 4. The quantitative estimate of drug-likeness (QED) is 0.473. The molecule has 0 bridgehead atoms. The molecule has 0 aliphatic heterocycles. The molecule has 0 aliphatic rings. The van der Waals surface area contributed by atoms with Crippen LogP contribution in [0.3, 0.4) is 0 Å². The van der Waals surface area contributed by atoms with E-state index in [0.717, 1.165) is 12.1 Å². The molecule has 1 rings (SSSR count). The summed E-state index contributed by atoms with van der Waals surface area (Å²) in [7, 11) is 1.26. The van der Waals surface area contributed by atoms with Crippen molar-refractivity contribution >= 4 is 17.5 Å². The van der Waals surface area contributed by atoms with E-state index in [4.69, 9.17) is 9.84 Å². The molecule has 0 radical (unpaired) electrons. The van der Waals surface area contributed by atoms with Crippen LogP contribution in [0.15, 0.2) is 18.2 Å². The largest absolute Gasteiger partial charge is 0.496 e. The Morgan fingerprint density at radius 2 is 2.00 bits per heavy atom. The van der Waals surface area contributed by atoms with Gasteiger partial charge in [0.1, 0.15) is 18.0 Å². The van der Waals surface area contributed by atoms with E-state index in [0.29, 0.717) is 0 Å². The molecular weight excluding hydrogens is 231 g/mol. The van der Waals surface area contributed by atoms with Crippen LogP contribution in [-0.4, -0.2) is 29.8 Å². The normalized spacial score (nSPS) is 9.76. The highest BCUT2D eigenvalue weighted by atomic mass is 19.1. The number of aliphatic carboxylic acids is 1. The molecule has 1 aromatic carbocycles. The van der Waals surface area contributed by atoms with Gasteiger partial charge in [0.2, 0.25) is 11.6 Å². The lowest BCUT2D eigenvalue weighted by Crippen LogP contribution is -2.18. The van der Waals surface area contributed by atoms with E-state index < -0.39 is 29.8 Å². The molecule has 0 aliphatic carbocycles. The lowest BCUT2D eigenvalue weighted by Gasteiger charge is -2.06. The Labute approximate surface area is 95.8 Å². The number of carboxylic acids is 1. The lowest BCUT2D eigenvalue weighted by molar-refractivity contribution is -0.139. The molecule has 0 atom stereocenters. The summed E-state index contributed by atoms with van der Waals surface area (Å²) in [6.45, 7) is 0. The third-order valence-corrected chi connectivity index (χ3v) is 1.97. The Kier molecular flexibility index (Phi) is 3.92. The minimum absolute atomic E-state index is 0.0233. The van der Waals surface area contributed by atoms with E-state index in [2.05, 4.69) is 0 Å². The number of halogens is 1. The number of carbonyl (C=O) groups is 3. The minimum atomic E-state index is -1.42. The second kappa shape index (κ2) is 5.20. The van der Waals surface area contributed by atoms with Crippen LogP contribution in [0.2, 0.25) is 0 Å². The van der Waals surface area contributed by atoms with E-state index in [1.165, 1.54) is 13.2 Å². The Bertz CT molecular complexity index is 481. The van der Waals surface area contributed by atoms with Crippen LogP contribution in [0, 0.1) is 5.82 Å². The van der Waals surface area contributed by atoms with Gasteiger partial charge in [0.15, 0.2) is 0 Å². The fraction of sp³-hybridized carbons (Fsp3) is 0.182. The topological polar surface area (TPSA) is 80.7 Å². The van der Waals surface area contributed by atoms with Crippen molar-refractivity contribution in [3.8, 4) is 5.75 Å². The third kappa shape index (κ3) is 3.10.